The van der Waals surface area contributed by atoms with Crippen LogP contribution in [0.25, 0.3) is 0 Å². The average Bonchev–Trinajstić information content (AvgIpc) is 1.60. The molecular weight excluding hydrogens is 1510 g/mol. The first kappa shape index (κ1) is 120. The first-order valence-electron chi connectivity index (χ1n) is 49.0. The van der Waals surface area contributed by atoms with Gasteiger partial charge in [-0.3, -0.25) is 53.9 Å². The number of piperazine rings is 3. The second-order valence-electron chi connectivity index (χ2n) is 49.3. The Morgan fingerprint density at radius 3 is 1.14 bits per heavy atom. The standard InChI is InChI=1S/2C12H24N2.C12H26N2.3C11H22N2.C11H24N2.C10H20N2.C9H20N2.6CH4/c1-12(2,3)14-8-10-6-5-7-13(4)11(10)9-14;1-12(2,3)14-9-8-13-7-5-4-6-11(13)10-14;1-10-7-14(12(2,3)4)9-11(10)8-13(5)6;1-11(2,3)13-7-9-5-12(4)6-10(9)8-13;1-11(2,3)13-7-9-5-6-12(4)10(9)8-13;1-11(2,3)13-8-7-12-6-4-5-10(12)9-13;1-11(2,3)13-8-6-7-10(9-13)12(4)5;1-10(2,3)12-7-8-5-9(12)6-11(8)4;1-9(2)11-6-4-5-10(3)7-8-11;;;;;;/h10-11H,5-9H2,1-4H3;11H,4-10H2,1-3H3;10-11H,7-9H2,1-6H3;2*9-10H,5-8H2,1-4H3;10H,4-9H2,1-3H3;10H,6-9H2,1-5H3;8-9H,5-7H2,1-4H3;9H,4-8H2,1-3H3;6*1H4. The van der Waals surface area contributed by atoms with Gasteiger partial charge in [0.2, 0.25) is 0 Å². The predicted molar refractivity (Wildman–Crippen MR) is 550 cm³/mol. The zero-order valence-electron chi connectivity index (χ0n) is 85.1. The number of rotatable bonds is 4. The Kier molecular flexibility index (Phi) is 50.5. The Balaban J connectivity index is 0.000000688. The molecule has 0 aromatic rings. The van der Waals surface area contributed by atoms with Crippen LogP contribution in [0.1, 0.15) is 309 Å². The van der Waals surface area contributed by atoms with Gasteiger partial charge in [0.1, 0.15) is 0 Å². The van der Waals surface area contributed by atoms with Crippen molar-refractivity contribution in [2.24, 2.45) is 35.5 Å². The number of likely N-dealkylation sites (tertiary alicyclic amines) is 10. The molecule has 18 nitrogen and oxygen atoms in total. The Hall–Kier alpha value is -0.720. The monoisotopic (exact) mass is 1740 g/mol. The van der Waals surface area contributed by atoms with Crippen molar-refractivity contribution in [1.82, 2.24) is 88.2 Å². The lowest BCUT2D eigenvalue weighted by molar-refractivity contribution is 0.00573. The van der Waals surface area contributed by atoms with Crippen molar-refractivity contribution < 1.29 is 0 Å². The fourth-order valence-electron chi connectivity index (χ4n) is 22.4. The number of hydrogen-bond acceptors (Lipinski definition) is 18. The minimum Gasteiger partial charge on any atom is -0.309 e. The SMILES string of the molecule is C.C.C.C.C.C.CC(C)(C)N1CCN2CCCC2C1.CC(C)(C)N1CCN2CCCCC2C1.CC(C)N1CCCN(C)CC1.CC1CN(C(C)(C)C)CC1CN(C)C.CN(C)C1CCCN(C(C)(C)C)C1.CN1CC2CC1CN2C(C)(C)C.CN1CC2CN(C(C)(C)C)CC2C1.CN1CCC2CN(C(C)(C)C)CC21.CN1CCCC2CN(C(C)(C)C)CC21. The summed E-state index contributed by atoms with van der Waals surface area (Å²) in [6.45, 7) is 100. The van der Waals surface area contributed by atoms with Gasteiger partial charge in [0.25, 0.3) is 0 Å². The zero-order chi connectivity index (χ0) is 87.5. The third-order valence-corrected chi connectivity index (χ3v) is 31.0. The third kappa shape index (κ3) is 37.6. The van der Waals surface area contributed by atoms with Crippen molar-refractivity contribution in [3.63, 3.8) is 0 Å². The summed E-state index contributed by atoms with van der Waals surface area (Å²) in [5.41, 5.74) is 2.90. The van der Waals surface area contributed by atoms with E-state index in [1.807, 2.05) is 0 Å². The molecule has 0 aromatic heterocycles. The largest absolute Gasteiger partial charge is 0.309 e. The molecule has 13 atom stereocenters. The van der Waals surface area contributed by atoms with Crippen molar-refractivity contribution in [3.05, 3.63) is 0 Å². The minimum atomic E-state index is 0. The van der Waals surface area contributed by atoms with Gasteiger partial charge in [-0.1, -0.05) is 57.9 Å². The van der Waals surface area contributed by atoms with E-state index < -0.39 is 0 Å². The molecule has 15 saturated heterocycles. The van der Waals surface area contributed by atoms with Gasteiger partial charge in [0.05, 0.1) is 0 Å². The molecule has 15 rings (SSSR count). The number of nitrogens with zero attached hydrogens (tertiary/aromatic N) is 18. The summed E-state index contributed by atoms with van der Waals surface area (Å²) >= 11 is 0. The summed E-state index contributed by atoms with van der Waals surface area (Å²) in [5, 5.41) is 0. The fraction of sp³-hybridized carbons (Fsp3) is 1.00. The van der Waals surface area contributed by atoms with Crippen molar-refractivity contribution in [2.45, 2.75) is 401 Å². The molecule has 15 aliphatic heterocycles. The van der Waals surface area contributed by atoms with E-state index in [0.29, 0.717) is 44.3 Å². The molecule has 0 amide bonds. The van der Waals surface area contributed by atoms with E-state index in [1.165, 1.54) is 267 Å². The molecule has 2 bridgehead atoms. The van der Waals surface area contributed by atoms with E-state index in [1.54, 1.807) is 0 Å². The molecule has 0 radical (unpaired) electrons. The predicted octanol–water partition coefficient (Wildman–Crippen LogP) is 17.8. The van der Waals surface area contributed by atoms with E-state index >= 15 is 0 Å². The lowest BCUT2D eigenvalue weighted by atomic mass is 9.93. The molecule has 18 heteroatoms. The second-order valence-corrected chi connectivity index (χ2v) is 49.3. The molecule has 0 N–H and O–H groups in total. The van der Waals surface area contributed by atoms with Crippen LogP contribution in [0.3, 0.4) is 0 Å². The van der Waals surface area contributed by atoms with E-state index in [9.17, 15) is 0 Å². The van der Waals surface area contributed by atoms with Crippen LogP contribution in [-0.2, 0) is 0 Å². The summed E-state index contributed by atoms with van der Waals surface area (Å²) in [7, 11) is 20.0. The van der Waals surface area contributed by atoms with Crippen molar-refractivity contribution in [2.75, 3.05) is 253 Å². The molecule has 0 aromatic carbocycles. The van der Waals surface area contributed by atoms with E-state index in [0.717, 1.165) is 83.8 Å². The maximum Gasteiger partial charge on any atom is 0.0261 e. The molecule has 738 valence electrons. The van der Waals surface area contributed by atoms with E-state index in [-0.39, 0.29) is 44.6 Å². The van der Waals surface area contributed by atoms with Crippen LogP contribution in [-0.4, -0.2) is 434 Å². The van der Waals surface area contributed by atoms with Gasteiger partial charge in [-0.2, -0.15) is 0 Å². The van der Waals surface area contributed by atoms with Crippen LogP contribution in [0.15, 0.2) is 0 Å². The fourth-order valence-corrected chi connectivity index (χ4v) is 22.4. The van der Waals surface area contributed by atoms with Crippen LogP contribution in [0.2, 0.25) is 0 Å². The number of hydrogen-bond donors (Lipinski definition) is 0. The van der Waals surface area contributed by atoms with E-state index in [4.69, 9.17) is 0 Å². The zero-order valence-corrected chi connectivity index (χ0v) is 85.1. The number of piperidine rings is 3. The van der Waals surface area contributed by atoms with Gasteiger partial charge in [-0.05, 0) is 395 Å². The Morgan fingerprint density at radius 1 is 0.293 bits per heavy atom. The second kappa shape index (κ2) is 51.7. The molecular formula is C105H228N18. The minimum absolute atomic E-state index is 0. The summed E-state index contributed by atoms with van der Waals surface area (Å²) in [5.74, 6) is 5.48. The van der Waals surface area contributed by atoms with Crippen LogP contribution >= 0.6 is 0 Å². The molecule has 123 heavy (non-hydrogen) atoms. The molecule has 15 heterocycles. The summed E-state index contributed by atoms with van der Waals surface area (Å²) in [6, 6.07) is 6.57. The van der Waals surface area contributed by atoms with Crippen molar-refractivity contribution in [1.29, 1.82) is 0 Å². The van der Waals surface area contributed by atoms with Crippen LogP contribution in [0, 0.1) is 35.5 Å². The summed E-state index contributed by atoms with van der Waals surface area (Å²) < 4.78 is 0. The van der Waals surface area contributed by atoms with Crippen molar-refractivity contribution >= 4 is 0 Å². The highest BCUT2D eigenvalue weighted by molar-refractivity contribution is 5.04. The van der Waals surface area contributed by atoms with Gasteiger partial charge in [-0.25, -0.2) is 0 Å². The summed E-state index contributed by atoms with van der Waals surface area (Å²) in [6.07, 6.45) is 16.8. The first-order chi connectivity index (χ1) is 54.0. The number of likely N-dealkylation sites (N-methyl/N-ethyl adjacent to an activating group) is 5. The van der Waals surface area contributed by atoms with Gasteiger partial charge >= 0.3 is 0 Å². The normalized spacial score (nSPS) is 31.0. The highest BCUT2D eigenvalue weighted by Gasteiger charge is 2.48. The number of fused-ring (bicyclic) bond motifs is 7. The van der Waals surface area contributed by atoms with Crippen LogP contribution in [0.4, 0.5) is 0 Å². The highest BCUT2D eigenvalue weighted by atomic mass is 15.4. The van der Waals surface area contributed by atoms with Crippen LogP contribution < -0.4 is 0 Å². The maximum atomic E-state index is 2.70. The maximum absolute atomic E-state index is 2.70. The topological polar surface area (TPSA) is 58.3 Å². The van der Waals surface area contributed by atoms with E-state index in [2.05, 4.69) is 339 Å². The first-order valence-corrected chi connectivity index (χ1v) is 49.0. The highest BCUT2D eigenvalue weighted by Crippen LogP contribution is 2.39. The van der Waals surface area contributed by atoms with Gasteiger partial charge in [0.15, 0.2) is 0 Å². The molecule has 13 unspecified atom stereocenters. The third-order valence-electron chi connectivity index (χ3n) is 31.0. The Labute approximate surface area is 773 Å². The lowest BCUT2D eigenvalue weighted by Crippen LogP contribution is -2.59. The van der Waals surface area contributed by atoms with Gasteiger partial charge in [0, 0.05) is 237 Å². The molecule has 0 saturated carbocycles. The molecule has 15 aliphatic rings. The average molecular weight is 1740 g/mol. The molecule has 15 fully saturated rings. The Morgan fingerprint density at radius 2 is 0.715 bits per heavy atom. The summed E-state index contributed by atoms with van der Waals surface area (Å²) in [4.78, 5) is 46.2. The quantitative estimate of drug-likeness (QED) is 0.268. The lowest BCUT2D eigenvalue weighted by Gasteiger charge is -2.48. The van der Waals surface area contributed by atoms with Crippen LogP contribution in [0.5, 0.6) is 0 Å². The Bertz CT molecular complexity index is 2730. The molecule has 0 aliphatic carbocycles. The van der Waals surface area contributed by atoms with Gasteiger partial charge < -0.3 is 34.3 Å². The smallest absolute Gasteiger partial charge is 0.0261 e. The van der Waals surface area contributed by atoms with Crippen molar-refractivity contribution in [3.8, 4) is 0 Å². The van der Waals surface area contributed by atoms with Gasteiger partial charge in [-0.15, -0.1) is 0 Å². The molecule has 0 spiro atoms.